The highest BCUT2D eigenvalue weighted by Gasteiger charge is 2.26. The summed E-state index contributed by atoms with van der Waals surface area (Å²) in [7, 11) is 0. The molecule has 0 spiro atoms. The van der Waals surface area contributed by atoms with Gasteiger partial charge in [-0.25, -0.2) is 0 Å². The van der Waals surface area contributed by atoms with Crippen molar-refractivity contribution in [3.05, 3.63) is 23.8 Å². The summed E-state index contributed by atoms with van der Waals surface area (Å²) in [6, 6.07) is 5.16. The van der Waals surface area contributed by atoms with Crippen molar-refractivity contribution in [1.82, 2.24) is 5.32 Å². The zero-order valence-corrected chi connectivity index (χ0v) is 14.1. The van der Waals surface area contributed by atoms with Gasteiger partial charge in [-0.2, -0.15) is 0 Å². The van der Waals surface area contributed by atoms with Crippen LogP contribution in [-0.2, 0) is 0 Å². The van der Waals surface area contributed by atoms with Crippen LogP contribution in [0.15, 0.2) is 18.2 Å². The summed E-state index contributed by atoms with van der Waals surface area (Å²) in [4.78, 5) is 12.3. The monoisotopic (exact) mass is 313 g/mol. The molecule has 0 bridgehead atoms. The Labute approximate surface area is 131 Å². The van der Waals surface area contributed by atoms with Gasteiger partial charge in [-0.15, -0.1) is 11.6 Å². The molecule has 0 aromatic heterocycles. The van der Waals surface area contributed by atoms with E-state index in [1.807, 2.05) is 34.6 Å². The number of halogens is 1. The van der Waals surface area contributed by atoms with E-state index < -0.39 is 5.54 Å². The number of benzene rings is 1. The third-order valence-electron chi connectivity index (χ3n) is 3.24. The lowest BCUT2D eigenvalue weighted by Crippen LogP contribution is -2.49. The third-order valence-corrected chi connectivity index (χ3v) is 3.78. The van der Waals surface area contributed by atoms with Crippen molar-refractivity contribution in [1.29, 1.82) is 0 Å². The van der Waals surface area contributed by atoms with Gasteiger partial charge in [0.15, 0.2) is 11.5 Å². The second-order valence-corrected chi connectivity index (χ2v) is 5.97. The Morgan fingerprint density at radius 2 is 1.81 bits per heavy atom. The van der Waals surface area contributed by atoms with Gasteiger partial charge in [-0.3, -0.25) is 4.79 Å². The van der Waals surface area contributed by atoms with Crippen molar-refractivity contribution < 1.29 is 14.3 Å². The first kappa shape index (κ1) is 17.6. The normalized spacial score (nSPS) is 12.7. The highest BCUT2D eigenvalue weighted by Crippen LogP contribution is 2.29. The summed E-state index contributed by atoms with van der Waals surface area (Å²) in [5.74, 6) is 1.03. The van der Waals surface area contributed by atoms with Crippen LogP contribution in [0.5, 0.6) is 11.5 Å². The molecule has 1 N–H and O–H groups in total. The summed E-state index contributed by atoms with van der Waals surface area (Å²) in [6.07, 6.45) is 0. The predicted octanol–water partition coefficient (Wildman–Crippen LogP) is 3.62. The van der Waals surface area contributed by atoms with Gasteiger partial charge in [0, 0.05) is 5.56 Å². The molecular weight excluding hydrogens is 290 g/mol. The number of carbonyl (C=O) groups excluding carboxylic acids is 1. The predicted molar refractivity (Wildman–Crippen MR) is 85.6 cm³/mol. The SMILES string of the molecule is CCOc1ccc(C(=O)NC(C)(C)C(C)Cl)cc1OCC. The number of ether oxygens (including phenoxy) is 2. The molecule has 0 heterocycles. The quantitative estimate of drug-likeness (QED) is 0.782. The fourth-order valence-electron chi connectivity index (χ4n) is 1.66. The van der Waals surface area contributed by atoms with Crippen LogP contribution in [-0.4, -0.2) is 30.0 Å². The molecule has 1 unspecified atom stereocenters. The summed E-state index contributed by atoms with van der Waals surface area (Å²) in [5, 5.41) is 2.74. The largest absolute Gasteiger partial charge is 0.490 e. The van der Waals surface area contributed by atoms with Crippen LogP contribution in [0.25, 0.3) is 0 Å². The number of carbonyl (C=O) groups is 1. The lowest BCUT2D eigenvalue weighted by molar-refractivity contribution is 0.0912. The molecule has 0 fully saturated rings. The maximum atomic E-state index is 12.3. The van der Waals surface area contributed by atoms with E-state index in [1.54, 1.807) is 18.2 Å². The Morgan fingerprint density at radius 3 is 2.33 bits per heavy atom. The molecule has 4 nitrogen and oxygen atoms in total. The number of alkyl halides is 1. The maximum Gasteiger partial charge on any atom is 0.251 e. The Morgan fingerprint density at radius 1 is 1.24 bits per heavy atom. The van der Waals surface area contributed by atoms with E-state index in [1.165, 1.54) is 0 Å². The molecule has 118 valence electrons. The minimum atomic E-state index is -0.497. The molecule has 0 radical (unpaired) electrons. The van der Waals surface area contributed by atoms with Gasteiger partial charge in [0.25, 0.3) is 5.91 Å². The number of rotatable bonds is 7. The van der Waals surface area contributed by atoms with E-state index in [9.17, 15) is 4.79 Å². The number of amides is 1. The Balaban J connectivity index is 2.97. The first-order valence-electron chi connectivity index (χ1n) is 7.18. The average molecular weight is 314 g/mol. The zero-order valence-electron chi connectivity index (χ0n) is 13.3. The molecule has 1 aromatic carbocycles. The second kappa shape index (κ2) is 7.55. The summed E-state index contributed by atoms with van der Waals surface area (Å²) < 4.78 is 11.0. The van der Waals surface area contributed by atoms with Crippen LogP contribution in [0.3, 0.4) is 0 Å². The molecule has 0 aliphatic carbocycles. The first-order chi connectivity index (χ1) is 9.81. The Kier molecular flexibility index (Phi) is 6.34. The van der Waals surface area contributed by atoms with Crippen molar-refractivity contribution in [3.8, 4) is 11.5 Å². The minimum absolute atomic E-state index is 0.184. The van der Waals surface area contributed by atoms with Crippen LogP contribution in [0.2, 0.25) is 0 Å². The highest BCUT2D eigenvalue weighted by atomic mass is 35.5. The van der Waals surface area contributed by atoms with Crippen molar-refractivity contribution in [2.24, 2.45) is 0 Å². The van der Waals surface area contributed by atoms with Crippen molar-refractivity contribution >= 4 is 17.5 Å². The molecule has 0 aliphatic heterocycles. The van der Waals surface area contributed by atoms with Gasteiger partial charge >= 0.3 is 0 Å². The summed E-state index contributed by atoms with van der Waals surface area (Å²) in [6.45, 7) is 10.5. The standard InChI is InChI=1S/C16H24ClNO3/c1-6-20-13-9-8-12(10-14(13)21-7-2)15(19)18-16(4,5)11(3)17/h8-11H,6-7H2,1-5H3,(H,18,19). The molecule has 1 atom stereocenters. The van der Waals surface area contributed by atoms with Crippen LogP contribution >= 0.6 is 11.6 Å². The van der Waals surface area contributed by atoms with E-state index in [0.29, 0.717) is 30.3 Å². The fourth-order valence-corrected chi connectivity index (χ4v) is 1.71. The smallest absolute Gasteiger partial charge is 0.251 e. The molecule has 0 aliphatic rings. The molecule has 1 aromatic rings. The topological polar surface area (TPSA) is 47.6 Å². The molecule has 21 heavy (non-hydrogen) atoms. The van der Waals surface area contributed by atoms with Gasteiger partial charge < -0.3 is 14.8 Å². The van der Waals surface area contributed by atoms with E-state index in [2.05, 4.69) is 5.32 Å². The van der Waals surface area contributed by atoms with Crippen LogP contribution in [0.4, 0.5) is 0 Å². The van der Waals surface area contributed by atoms with E-state index >= 15 is 0 Å². The Bertz CT molecular complexity index is 486. The van der Waals surface area contributed by atoms with Crippen LogP contribution in [0, 0.1) is 0 Å². The number of hydrogen-bond donors (Lipinski definition) is 1. The minimum Gasteiger partial charge on any atom is -0.490 e. The molecule has 1 amide bonds. The molecule has 5 heteroatoms. The molecule has 1 rings (SSSR count). The highest BCUT2D eigenvalue weighted by molar-refractivity contribution is 6.21. The van der Waals surface area contributed by atoms with Gasteiger partial charge in [0.05, 0.1) is 24.1 Å². The van der Waals surface area contributed by atoms with Gasteiger partial charge in [0.2, 0.25) is 0 Å². The zero-order chi connectivity index (χ0) is 16.0. The number of nitrogens with one attached hydrogen (secondary N) is 1. The lowest BCUT2D eigenvalue weighted by Gasteiger charge is -2.29. The fraction of sp³-hybridized carbons (Fsp3) is 0.562. The molecular formula is C16H24ClNO3. The van der Waals surface area contributed by atoms with Crippen molar-refractivity contribution in [2.45, 2.75) is 45.5 Å². The van der Waals surface area contributed by atoms with Crippen molar-refractivity contribution in [2.75, 3.05) is 13.2 Å². The van der Waals surface area contributed by atoms with E-state index in [4.69, 9.17) is 21.1 Å². The molecule has 0 saturated heterocycles. The van der Waals surface area contributed by atoms with Gasteiger partial charge in [0.1, 0.15) is 0 Å². The summed E-state index contributed by atoms with van der Waals surface area (Å²) >= 11 is 6.09. The van der Waals surface area contributed by atoms with Crippen LogP contribution in [0.1, 0.15) is 45.0 Å². The van der Waals surface area contributed by atoms with Gasteiger partial charge in [-0.05, 0) is 52.8 Å². The van der Waals surface area contributed by atoms with Crippen molar-refractivity contribution in [3.63, 3.8) is 0 Å². The molecule has 0 saturated carbocycles. The van der Waals surface area contributed by atoms with E-state index in [-0.39, 0.29) is 11.3 Å². The van der Waals surface area contributed by atoms with Gasteiger partial charge in [-0.1, -0.05) is 0 Å². The lowest BCUT2D eigenvalue weighted by atomic mass is 10.0. The second-order valence-electron chi connectivity index (χ2n) is 5.32. The maximum absolute atomic E-state index is 12.3. The Hall–Kier alpha value is -1.42. The van der Waals surface area contributed by atoms with E-state index in [0.717, 1.165) is 0 Å². The first-order valence-corrected chi connectivity index (χ1v) is 7.61. The average Bonchev–Trinajstić information content (AvgIpc) is 2.40. The summed E-state index contributed by atoms with van der Waals surface area (Å²) in [5.41, 5.74) is 0.0236. The third kappa shape index (κ3) is 4.81. The van der Waals surface area contributed by atoms with Crippen LogP contribution < -0.4 is 14.8 Å². The number of hydrogen-bond acceptors (Lipinski definition) is 3.